The highest BCUT2D eigenvalue weighted by molar-refractivity contribution is 5.85. The summed E-state index contributed by atoms with van der Waals surface area (Å²) < 4.78 is 0. The monoisotopic (exact) mass is 117 g/mol. The minimum absolute atomic E-state index is 0.0155. The molecule has 0 aliphatic heterocycles. The van der Waals surface area contributed by atoms with E-state index < -0.39 is 6.04 Å². The van der Waals surface area contributed by atoms with Gasteiger partial charge in [-0.15, -0.1) is 0 Å². The van der Waals surface area contributed by atoms with E-state index in [9.17, 15) is 4.79 Å². The first-order chi connectivity index (χ1) is 3.72. The summed E-state index contributed by atoms with van der Waals surface area (Å²) in [5, 5.41) is 0. The average Bonchev–Trinajstić information content (AvgIpc) is 1.84. The molecule has 6 N–H and O–H groups in total. The second kappa shape index (κ2) is 3.54. The second-order valence-corrected chi connectivity index (χ2v) is 1.51. The first-order valence-corrected chi connectivity index (χ1v) is 2.40. The lowest BCUT2D eigenvalue weighted by molar-refractivity contribution is -0.118. The molecule has 0 amide bonds. The van der Waals surface area contributed by atoms with E-state index in [1.165, 1.54) is 0 Å². The van der Waals surface area contributed by atoms with Crippen LogP contribution in [0.1, 0.15) is 0 Å². The maximum absolute atomic E-state index is 10.4. The molecule has 1 unspecified atom stereocenters. The molecule has 1 atom stereocenters. The Morgan fingerprint density at radius 1 is 1.50 bits per heavy atom. The minimum atomic E-state index is -0.569. The Balaban J connectivity index is 3.46. The summed E-state index contributed by atoms with van der Waals surface area (Å²) >= 11 is 0. The highest BCUT2D eigenvalue weighted by Gasteiger charge is 2.06. The van der Waals surface area contributed by atoms with Crippen molar-refractivity contribution < 1.29 is 4.79 Å². The van der Waals surface area contributed by atoms with Crippen LogP contribution in [0.2, 0.25) is 0 Å². The standard InChI is InChI=1S/C4H11N3O/c5-1-3(7)4(8)2-6/h3H,1-2,5-7H2. The van der Waals surface area contributed by atoms with Crippen molar-refractivity contribution in [2.45, 2.75) is 6.04 Å². The highest BCUT2D eigenvalue weighted by Crippen LogP contribution is 1.72. The fourth-order valence-electron chi connectivity index (χ4n) is 0.283. The molecule has 0 aliphatic rings. The van der Waals surface area contributed by atoms with Gasteiger partial charge in [-0.2, -0.15) is 0 Å². The van der Waals surface area contributed by atoms with Gasteiger partial charge < -0.3 is 17.2 Å². The summed E-state index contributed by atoms with van der Waals surface area (Å²) in [7, 11) is 0. The first kappa shape index (κ1) is 7.55. The summed E-state index contributed by atoms with van der Waals surface area (Å²) in [4.78, 5) is 10.4. The van der Waals surface area contributed by atoms with Crippen LogP contribution in [0, 0.1) is 0 Å². The van der Waals surface area contributed by atoms with Gasteiger partial charge in [0.15, 0.2) is 5.78 Å². The number of carbonyl (C=O) groups is 1. The van der Waals surface area contributed by atoms with Gasteiger partial charge in [0, 0.05) is 6.54 Å². The van der Waals surface area contributed by atoms with Crippen LogP contribution >= 0.6 is 0 Å². The van der Waals surface area contributed by atoms with E-state index in [1.54, 1.807) is 0 Å². The third-order valence-electron chi connectivity index (χ3n) is 0.869. The lowest BCUT2D eigenvalue weighted by Crippen LogP contribution is -2.41. The van der Waals surface area contributed by atoms with Crippen LogP contribution in [0.25, 0.3) is 0 Å². The van der Waals surface area contributed by atoms with Gasteiger partial charge in [0.25, 0.3) is 0 Å². The van der Waals surface area contributed by atoms with Gasteiger partial charge in [-0.25, -0.2) is 0 Å². The van der Waals surface area contributed by atoms with Crippen LogP contribution in [0.5, 0.6) is 0 Å². The van der Waals surface area contributed by atoms with Crippen LogP contribution < -0.4 is 17.2 Å². The molecule has 4 heteroatoms. The van der Waals surface area contributed by atoms with E-state index in [0.717, 1.165) is 0 Å². The molecule has 0 radical (unpaired) electrons. The first-order valence-electron chi connectivity index (χ1n) is 2.40. The van der Waals surface area contributed by atoms with Gasteiger partial charge in [0.05, 0.1) is 12.6 Å². The quantitative estimate of drug-likeness (QED) is 0.391. The Hall–Kier alpha value is -0.450. The summed E-state index contributed by atoms with van der Waals surface area (Å²) in [5.74, 6) is -0.187. The molecule has 48 valence electrons. The maximum atomic E-state index is 10.4. The van der Waals surface area contributed by atoms with Crippen molar-refractivity contribution in [1.82, 2.24) is 0 Å². The molecule has 0 bridgehead atoms. The molecule has 0 aromatic rings. The number of rotatable bonds is 3. The van der Waals surface area contributed by atoms with Gasteiger partial charge in [-0.05, 0) is 0 Å². The fourth-order valence-corrected chi connectivity index (χ4v) is 0.283. The summed E-state index contributed by atoms with van der Waals surface area (Å²) in [5.41, 5.74) is 15.2. The van der Waals surface area contributed by atoms with Gasteiger partial charge in [0.1, 0.15) is 0 Å². The normalized spacial score (nSPS) is 13.4. The maximum Gasteiger partial charge on any atom is 0.164 e. The lowest BCUT2D eigenvalue weighted by atomic mass is 10.2. The topological polar surface area (TPSA) is 95.1 Å². The SMILES string of the molecule is NCC(=O)C(N)CN. The third kappa shape index (κ3) is 2.02. The van der Waals surface area contributed by atoms with E-state index >= 15 is 0 Å². The Kier molecular flexibility index (Phi) is 3.34. The van der Waals surface area contributed by atoms with Gasteiger partial charge >= 0.3 is 0 Å². The summed E-state index contributed by atoms with van der Waals surface area (Å²) in [6.45, 7) is 0.161. The highest BCUT2D eigenvalue weighted by atomic mass is 16.1. The molecule has 0 spiro atoms. The lowest BCUT2D eigenvalue weighted by Gasteiger charge is -2.02. The number of ketones is 1. The predicted octanol–water partition coefficient (Wildman–Crippen LogP) is -2.20. The van der Waals surface area contributed by atoms with Gasteiger partial charge in [-0.3, -0.25) is 4.79 Å². The Morgan fingerprint density at radius 2 is 2.00 bits per heavy atom. The fraction of sp³-hybridized carbons (Fsp3) is 0.750. The molecule has 0 aliphatic carbocycles. The molecule has 0 fully saturated rings. The number of hydrogen-bond acceptors (Lipinski definition) is 4. The molecule has 8 heavy (non-hydrogen) atoms. The zero-order chi connectivity index (χ0) is 6.57. The van der Waals surface area contributed by atoms with E-state index in [-0.39, 0.29) is 18.9 Å². The smallest absolute Gasteiger partial charge is 0.164 e. The summed E-state index contributed by atoms with van der Waals surface area (Å²) in [6, 6.07) is -0.569. The Labute approximate surface area is 48.0 Å². The van der Waals surface area contributed by atoms with E-state index in [4.69, 9.17) is 17.2 Å². The van der Waals surface area contributed by atoms with Crippen LogP contribution in [0.3, 0.4) is 0 Å². The van der Waals surface area contributed by atoms with Crippen molar-refractivity contribution in [1.29, 1.82) is 0 Å². The van der Waals surface area contributed by atoms with Gasteiger partial charge in [0.2, 0.25) is 0 Å². The van der Waals surface area contributed by atoms with Crippen molar-refractivity contribution >= 4 is 5.78 Å². The molecule has 4 nitrogen and oxygen atoms in total. The van der Waals surface area contributed by atoms with Crippen LogP contribution in [0.15, 0.2) is 0 Å². The van der Waals surface area contributed by atoms with E-state index in [1.807, 2.05) is 0 Å². The molecule has 0 saturated heterocycles. The zero-order valence-corrected chi connectivity index (χ0v) is 4.63. The zero-order valence-electron chi connectivity index (χ0n) is 4.63. The third-order valence-corrected chi connectivity index (χ3v) is 0.869. The van der Waals surface area contributed by atoms with E-state index in [0.29, 0.717) is 0 Å². The van der Waals surface area contributed by atoms with Crippen LogP contribution in [0.4, 0.5) is 0 Å². The van der Waals surface area contributed by atoms with Crippen molar-refractivity contribution in [2.75, 3.05) is 13.1 Å². The second-order valence-electron chi connectivity index (χ2n) is 1.51. The Bertz CT molecular complexity index is 83.4. The van der Waals surface area contributed by atoms with Crippen molar-refractivity contribution in [3.8, 4) is 0 Å². The average molecular weight is 117 g/mol. The van der Waals surface area contributed by atoms with Crippen molar-refractivity contribution in [3.63, 3.8) is 0 Å². The molecular weight excluding hydrogens is 106 g/mol. The molecule has 0 heterocycles. The Morgan fingerprint density at radius 3 is 2.12 bits per heavy atom. The number of nitrogens with two attached hydrogens (primary N) is 3. The molecular formula is C4H11N3O. The molecule has 0 aromatic heterocycles. The van der Waals surface area contributed by atoms with Gasteiger partial charge in [-0.1, -0.05) is 0 Å². The van der Waals surface area contributed by atoms with Crippen LogP contribution in [-0.4, -0.2) is 24.9 Å². The van der Waals surface area contributed by atoms with Crippen LogP contribution in [-0.2, 0) is 4.79 Å². The van der Waals surface area contributed by atoms with Crippen molar-refractivity contribution in [3.05, 3.63) is 0 Å². The predicted molar refractivity (Wildman–Crippen MR) is 31.1 cm³/mol. The summed E-state index contributed by atoms with van der Waals surface area (Å²) in [6.07, 6.45) is 0. The van der Waals surface area contributed by atoms with E-state index in [2.05, 4.69) is 0 Å². The minimum Gasteiger partial charge on any atom is -0.328 e. The number of hydrogen-bond donors (Lipinski definition) is 3. The number of carbonyl (C=O) groups excluding carboxylic acids is 1. The molecule has 0 rings (SSSR count). The largest absolute Gasteiger partial charge is 0.328 e. The molecule has 0 aromatic carbocycles. The van der Waals surface area contributed by atoms with Crippen molar-refractivity contribution in [2.24, 2.45) is 17.2 Å². The number of Topliss-reactive ketones (excluding diaryl/α,β-unsaturated/α-hetero) is 1. The molecule has 0 saturated carbocycles.